The minimum Gasteiger partial charge on any atom is -0.442 e. The van der Waals surface area contributed by atoms with Gasteiger partial charge in [-0.05, 0) is 57.2 Å². The Morgan fingerprint density at radius 1 is 1.29 bits per heavy atom. The van der Waals surface area contributed by atoms with Crippen LogP contribution in [0.15, 0.2) is 47.2 Å². The lowest BCUT2D eigenvalue weighted by Crippen LogP contribution is -2.35. The number of likely N-dealkylation sites (tertiary alicyclic amines) is 1. The second-order valence-electron chi connectivity index (χ2n) is 6.72. The number of benzene rings is 1. The summed E-state index contributed by atoms with van der Waals surface area (Å²) in [5, 5.41) is 0. The van der Waals surface area contributed by atoms with Crippen molar-refractivity contribution in [2.45, 2.75) is 45.1 Å². The molecule has 0 radical (unpaired) electrons. The van der Waals surface area contributed by atoms with E-state index in [0.717, 1.165) is 31.8 Å². The van der Waals surface area contributed by atoms with Crippen LogP contribution in [0.2, 0.25) is 0 Å². The van der Waals surface area contributed by atoms with E-state index >= 15 is 0 Å². The molecule has 1 saturated heterocycles. The van der Waals surface area contributed by atoms with Crippen molar-refractivity contribution in [1.82, 2.24) is 9.88 Å². The van der Waals surface area contributed by atoms with Crippen LogP contribution in [0, 0.1) is 5.92 Å². The van der Waals surface area contributed by atoms with Crippen LogP contribution in [0.5, 0.6) is 0 Å². The number of oxazole rings is 1. The van der Waals surface area contributed by atoms with Crippen molar-refractivity contribution in [1.29, 1.82) is 0 Å². The zero-order valence-electron chi connectivity index (χ0n) is 14.4. The molecule has 0 saturated carbocycles. The van der Waals surface area contributed by atoms with Crippen LogP contribution < -0.4 is 0 Å². The van der Waals surface area contributed by atoms with Gasteiger partial charge in [0.1, 0.15) is 6.26 Å². The van der Waals surface area contributed by atoms with Crippen LogP contribution in [0.4, 0.5) is 0 Å². The average Bonchev–Trinajstić information content (AvgIpc) is 3.17. The molecule has 1 unspecified atom stereocenters. The highest BCUT2D eigenvalue weighted by atomic mass is 16.3. The number of rotatable bonds is 7. The molecule has 0 amide bonds. The van der Waals surface area contributed by atoms with Crippen LogP contribution >= 0.6 is 0 Å². The molecule has 0 N–H and O–H groups in total. The number of nitrogens with zero attached hydrogens (tertiary/aromatic N) is 2. The summed E-state index contributed by atoms with van der Waals surface area (Å²) in [5.41, 5.74) is 1.40. The van der Waals surface area contributed by atoms with Gasteiger partial charge in [-0.3, -0.25) is 9.69 Å². The van der Waals surface area contributed by atoms with Crippen molar-refractivity contribution < 1.29 is 9.21 Å². The fourth-order valence-electron chi connectivity index (χ4n) is 3.59. The Hall–Kier alpha value is -1.94. The molecule has 1 atom stereocenters. The number of hydrogen-bond donors (Lipinski definition) is 0. The maximum Gasteiger partial charge on any atom is 0.263 e. The molecule has 3 rings (SSSR count). The van der Waals surface area contributed by atoms with E-state index in [2.05, 4.69) is 47.1 Å². The van der Waals surface area contributed by atoms with Gasteiger partial charge < -0.3 is 4.42 Å². The molecular weight excluding hydrogens is 300 g/mol. The Morgan fingerprint density at radius 3 is 2.71 bits per heavy atom. The summed E-state index contributed by atoms with van der Waals surface area (Å²) in [7, 11) is 0. The first-order valence-corrected chi connectivity index (χ1v) is 8.95. The Bertz CT molecular complexity index is 616. The van der Waals surface area contributed by atoms with Gasteiger partial charge >= 0.3 is 0 Å². The summed E-state index contributed by atoms with van der Waals surface area (Å²) in [5.74, 6) is 1.01. The highest BCUT2D eigenvalue weighted by Crippen LogP contribution is 2.28. The molecule has 0 aliphatic carbocycles. The van der Waals surface area contributed by atoms with Crippen LogP contribution in [-0.2, 0) is 0 Å². The third-order valence-electron chi connectivity index (χ3n) is 5.17. The Balaban J connectivity index is 1.38. The van der Waals surface area contributed by atoms with Crippen molar-refractivity contribution in [3.8, 4) is 0 Å². The summed E-state index contributed by atoms with van der Waals surface area (Å²) >= 11 is 0. The number of Topliss-reactive ketones (excluding diaryl/α,β-unsaturated/α-hetero) is 1. The fraction of sp³-hybridized carbons (Fsp3) is 0.500. The lowest BCUT2D eigenvalue weighted by Gasteiger charge is -2.36. The Morgan fingerprint density at radius 2 is 2.04 bits per heavy atom. The van der Waals surface area contributed by atoms with Gasteiger partial charge in [0, 0.05) is 12.5 Å². The first kappa shape index (κ1) is 16.9. The molecule has 1 aliphatic rings. The molecule has 4 nitrogen and oxygen atoms in total. The minimum absolute atomic E-state index is 0.0233. The SMILES string of the molecule is CC(c1ccccc1)N1CCC(CCCC(=O)c2ncco2)CC1. The van der Waals surface area contributed by atoms with E-state index in [4.69, 9.17) is 4.42 Å². The highest BCUT2D eigenvalue weighted by molar-refractivity contribution is 5.91. The monoisotopic (exact) mass is 326 g/mol. The van der Waals surface area contributed by atoms with E-state index < -0.39 is 0 Å². The average molecular weight is 326 g/mol. The second kappa shape index (κ2) is 8.25. The third kappa shape index (κ3) is 4.32. The molecule has 2 heterocycles. The number of ketones is 1. The van der Waals surface area contributed by atoms with Gasteiger partial charge in [-0.15, -0.1) is 0 Å². The number of carbonyl (C=O) groups excluding carboxylic acids is 1. The molecule has 128 valence electrons. The van der Waals surface area contributed by atoms with Gasteiger partial charge in [0.05, 0.1) is 6.20 Å². The smallest absolute Gasteiger partial charge is 0.263 e. The highest BCUT2D eigenvalue weighted by Gasteiger charge is 2.23. The van der Waals surface area contributed by atoms with E-state index in [-0.39, 0.29) is 11.7 Å². The first-order valence-electron chi connectivity index (χ1n) is 8.95. The lowest BCUT2D eigenvalue weighted by molar-refractivity contribution is 0.0938. The van der Waals surface area contributed by atoms with Crippen LogP contribution in [0.3, 0.4) is 0 Å². The van der Waals surface area contributed by atoms with Crippen LogP contribution in [-0.4, -0.2) is 28.8 Å². The third-order valence-corrected chi connectivity index (χ3v) is 5.17. The summed E-state index contributed by atoms with van der Waals surface area (Å²) in [6.45, 7) is 4.59. The van der Waals surface area contributed by atoms with E-state index in [0.29, 0.717) is 12.5 Å². The van der Waals surface area contributed by atoms with Gasteiger partial charge in [-0.1, -0.05) is 30.3 Å². The van der Waals surface area contributed by atoms with E-state index in [9.17, 15) is 4.79 Å². The number of hydrogen-bond acceptors (Lipinski definition) is 4. The van der Waals surface area contributed by atoms with Crippen molar-refractivity contribution >= 4 is 5.78 Å². The molecule has 1 aromatic carbocycles. The Labute approximate surface area is 143 Å². The van der Waals surface area contributed by atoms with E-state index in [1.807, 2.05) is 0 Å². The first-order chi connectivity index (χ1) is 11.7. The molecule has 2 aromatic rings. The predicted octanol–water partition coefficient (Wildman–Crippen LogP) is 4.50. The Kier molecular flexibility index (Phi) is 5.81. The van der Waals surface area contributed by atoms with Crippen molar-refractivity contribution in [3.05, 3.63) is 54.2 Å². The fourth-order valence-corrected chi connectivity index (χ4v) is 3.59. The maximum absolute atomic E-state index is 11.9. The quantitative estimate of drug-likeness (QED) is 0.703. The molecule has 0 bridgehead atoms. The van der Waals surface area contributed by atoms with E-state index in [1.54, 1.807) is 0 Å². The van der Waals surface area contributed by atoms with Crippen molar-refractivity contribution in [3.63, 3.8) is 0 Å². The zero-order chi connectivity index (χ0) is 16.8. The van der Waals surface area contributed by atoms with Gasteiger partial charge in [-0.2, -0.15) is 0 Å². The van der Waals surface area contributed by atoms with Crippen LogP contribution in [0.25, 0.3) is 0 Å². The normalized spacial score (nSPS) is 17.7. The largest absolute Gasteiger partial charge is 0.442 e. The standard InChI is InChI=1S/C20H26N2O2/c1-16(18-7-3-2-4-8-18)22-13-10-17(11-14-22)6-5-9-19(23)20-21-12-15-24-20/h2-4,7-8,12,15-17H,5-6,9-11,13-14H2,1H3. The second-order valence-corrected chi connectivity index (χ2v) is 6.72. The summed E-state index contributed by atoms with van der Waals surface area (Å²) in [6.07, 6.45) is 8.03. The van der Waals surface area contributed by atoms with Crippen molar-refractivity contribution in [2.75, 3.05) is 13.1 Å². The minimum atomic E-state index is 0.0233. The van der Waals surface area contributed by atoms with Crippen molar-refractivity contribution in [2.24, 2.45) is 5.92 Å². The summed E-state index contributed by atoms with van der Waals surface area (Å²) in [6, 6.07) is 11.2. The van der Waals surface area contributed by atoms with Gasteiger partial charge in [-0.25, -0.2) is 4.98 Å². The number of piperidine rings is 1. The number of carbonyl (C=O) groups is 1. The maximum atomic E-state index is 11.9. The molecule has 1 fully saturated rings. The molecular formula is C20H26N2O2. The molecule has 1 aliphatic heterocycles. The van der Waals surface area contributed by atoms with Gasteiger partial charge in [0.2, 0.25) is 5.78 Å². The summed E-state index contributed by atoms with van der Waals surface area (Å²) in [4.78, 5) is 18.4. The topological polar surface area (TPSA) is 46.3 Å². The van der Waals surface area contributed by atoms with E-state index in [1.165, 1.54) is 30.9 Å². The predicted molar refractivity (Wildman–Crippen MR) is 93.8 cm³/mol. The zero-order valence-corrected chi connectivity index (χ0v) is 14.4. The molecule has 1 aromatic heterocycles. The number of aromatic nitrogens is 1. The molecule has 0 spiro atoms. The van der Waals surface area contributed by atoms with Crippen LogP contribution in [0.1, 0.15) is 61.3 Å². The summed E-state index contributed by atoms with van der Waals surface area (Å²) < 4.78 is 5.05. The lowest BCUT2D eigenvalue weighted by atomic mass is 9.90. The van der Waals surface area contributed by atoms with Gasteiger partial charge in [0.25, 0.3) is 5.89 Å². The molecule has 24 heavy (non-hydrogen) atoms. The van der Waals surface area contributed by atoms with Gasteiger partial charge in [0.15, 0.2) is 0 Å². The molecule has 4 heteroatoms.